The molecule has 4 aromatic rings. The van der Waals surface area contributed by atoms with Gasteiger partial charge < -0.3 is 10.6 Å². The Labute approximate surface area is 192 Å². The lowest BCUT2D eigenvalue weighted by Crippen LogP contribution is -2.71. The summed E-state index contributed by atoms with van der Waals surface area (Å²) in [6.07, 6.45) is 6.98. The SMILES string of the molecule is CN[C@@]1(Cc2ccc3ccccc3c2)CCCC[C@]1(Cc1ccc2ccccc2c1)NC. The summed E-state index contributed by atoms with van der Waals surface area (Å²) in [6, 6.07) is 31.4. The predicted octanol–water partition coefficient (Wildman–Crippen LogP) is 6.27. The molecule has 0 radical (unpaired) electrons. The Morgan fingerprint density at radius 3 is 1.38 bits per heavy atom. The van der Waals surface area contributed by atoms with E-state index in [1.807, 2.05) is 0 Å². The number of rotatable bonds is 6. The first-order valence-corrected chi connectivity index (χ1v) is 12.0. The van der Waals surface area contributed by atoms with Gasteiger partial charge >= 0.3 is 0 Å². The Hall–Kier alpha value is -2.68. The molecule has 0 bridgehead atoms. The lowest BCUT2D eigenvalue weighted by molar-refractivity contribution is 0.0842. The fourth-order valence-electron chi connectivity index (χ4n) is 6.15. The molecule has 1 aliphatic carbocycles. The fraction of sp³-hybridized carbons (Fsp3) is 0.333. The van der Waals surface area contributed by atoms with Gasteiger partial charge in [0.1, 0.15) is 0 Å². The van der Waals surface area contributed by atoms with Gasteiger partial charge in [0.25, 0.3) is 0 Å². The molecule has 2 atom stereocenters. The summed E-state index contributed by atoms with van der Waals surface area (Å²) in [5, 5.41) is 13.0. The van der Waals surface area contributed by atoms with E-state index in [4.69, 9.17) is 0 Å². The van der Waals surface area contributed by atoms with Crippen LogP contribution in [0.15, 0.2) is 84.9 Å². The van der Waals surface area contributed by atoms with Gasteiger partial charge in [0, 0.05) is 11.1 Å². The Morgan fingerprint density at radius 1 is 0.562 bits per heavy atom. The number of hydrogen-bond donors (Lipinski definition) is 2. The Bertz CT molecular complexity index is 1130. The van der Waals surface area contributed by atoms with Crippen molar-refractivity contribution in [3.8, 4) is 0 Å². The van der Waals surface area contributed by atoms with Gasteiger partial charge in [-0.3, -0.25) is 0 Å². The maximum atomic E-state index is 3.85. The molecule has 0 saturated heterocycles. The first-order chi connectivity index (χ1) is 15.7. The molecule has 0 aliphatic heterocycles. The van der Waals surface area contributed by atoms with Gasteiger partial charge in [-0.2, -0.15) is 0 Å². The lowest BCUT2D eigenvalue weighted by Gasteiger charge is -2.54. The van der Waals surface area contributed by atoms with E-state index in [9.17, 15) is 0 Å². The normalized spacial score (nSPS) is 23.6. The van der Waals surface area contributed by atoms with E-state index in [1.165, 1.54) is 58.4 Å². The minimum absolute atomic E-state index is 0.00804. The van der Waals surface area contributed by atoms with Crippen LogP contribution in [-0.2, 0) is 12.8 Å². The van der Waals surface area contributed by atoms with E-state index >= 15 is 0 Å². The van der Waals surface area contributed by atoms with Crippen LogP contribution in [0, 0.1) is 0 Å². The summed E-state index contributed by atoms with van der Waals surface area (Å²) in [5.41, 5.74) is 2.85. The first-order valence-electron chi connectivity index (χ1n) is 12.0. The highest BCUT2D eigenvalue weighted by Crippen LogP contribution is 2.42. The van der Waals surface area contributed by atoms with E-state index < -0.39 is 0 Å². The zero-order valence-electron chi connectivity index (χ0n) is 19.3. The predicted molar refractivity (Wildman–Crippen MR) is 137 cm³/mol. The molecular formula is C30H34N2. The fourth-order valence-corrected chi connectivity index (χ4v) is 6.15. The summed E-state index contributed by atoms with van der Waals surface area (Å²) >= 11 is 0. The molecule has 0 heterocycles. The van der Waals surface area contributed by atoms with Crippen molar-refractivity contribution in [1.82, 2.24) is 10.6 Å². The lowest BCUT2D eigenvalue weighted by atomic mass is 9.62. The van der Waals surface area contributed by atoms with Gasteiger partial charge in [-0.15, -0.1) is 0 Å². The number of benzene rings is 4. The van der Waals surface area contributed by atoms with Gasteiger partial charge in [0.05, 0.1) is 0 Å². The van der Waals surface area contributed by atoms with Crippen molar-refractivity contribution in [3.05, 3.63) is 96.1 Å². The molecule has 2 nitrogen and oxygen atoms in total. The third kappa shape index (κ3) is 3.72. The van der Waals surface area contributed by atoms with Crippen LogP contribution in [0.25, 0.3) is 21.5 Å². The molecule has 0 amide bonds. The van der Waals surface area contributed by atoms with E-state index in [2.05, 4.69) is 110 Å². The van der Waals surface area contributed by atoms with E-state index in [0.717, 1.165) is 12.8 Å². The van der Waals surface area contributed by atoms with Crippen LogP contribution in [0.1, 0.15) is 36.8 Å². The van der Waals surface area contributed by atoms with Crippen molar-refractivity contribution in [3.63, 3.8) is 0 Å². The molecule has 2 heteroatoms. The molecule has 0 aromatic heterocycles. The molecule has 2 N–H and O–H groups in total. The molecule has 5 rings (SSSR count). The van der Waals surface area contributed by atoms with Crippen molar-refractivity contribution in [2.24, 2.45) is 0 Å². The molecule has 0 spiro atoms. The van der Waals surface area contributed by atoms with Crippen LogP contribution < -0.4 is 10.6 Å². The monoisotopic (exact) mass is 422 g/mol. The standard InChI is InChI=1S/C30H34N2/c1-31-29(21-23-13-15-25-9-3-5-11-27(25)19-23)17-7-8-18-30(29,32-2)22-24-14-16-26-10-4-6-12-28(26)20-24/h3-6,9-16,19-20,31-32H,7-8,17-18,21-22H2,1-2H3/t29-,30-/m1/s1. The van der Waals surface area contributed by atoms with Crippen LogP contribution in [-0.4, -0.2) is 25.2 Å². The van der Waals surface area contributed by atoms with Crippen molar-refractivity contribution >= 4 is 21.5 Å². The zero-order chi connectivity index (χ0) is 22.0. The molecule has 1 fully saturated rings. The Balaban J connectivity index is 1.52. The number of nitrogens with one attached hydrogen (secondary N) is 2. The summed E-state index contributed by atoms with van der Waals surface area (Å²) in [6.45, 7) is 0. The summed E-state index contributed by atoms with van der Waals surface area (Å²) in [7, 11) is 4.33. The molecule has 1 saturated carbocycles. The average molecular weight is 423 g/mol. The van der Waals surface area contributed by atoms with Gasteiger partial charge in [0.15, 0.2) is 0 Å². The van der Waals surface area contributed by atoms with Crippen LogP contribution in [0.3, 0.4) is 0 Å². The van der Waals surface area contributed by atoms with Crippen molar-refractivity contribution < 1.29 is 0 Å². The molecular weight excluding hydrogens is 388 g/mol. The second-order valence-electron chi connectivity index (χ2n) is 9.59. The second kappa shape index (κ2) is 8.69. The van der Waals surface area contributed by atoms with Gasteiger partial charge in [-0.1, -0.05) is 97.8 Å². The van der Waals surface area contributed by atoms with Crippen LogP contribution in [0.5, 0.6) is 0 Å². The number of hydrogen-bond acceptors (Lipinski definition) is 2. The van der Waals surface area contributed by atoms with Crippen LogP contribution in [0.4, 0.5) is 0 Å². The van der Waals surface area contributed by atoms with Crippen molar-refractivity contribution in [2.45, 2.75) is 49.6 Å². The molecule has 0 unspecified atom stereocenters. The highest BCUT2D eigenvalue weighted by Gasteiger charge is 2.50. The molecule has 4 aromatic carbocycles. The van der Waals surface area contributed by atoms with E-state index in [1.54, 1.807) is 0 Å². The number of fused-ring (bicyclic) bond motifs is 2. The third-order valence-corrected chi connectivity index (χ3v) is 7.97. The minimum atomic E-state index is 0.00804. The molecule has 164 valence electrons. The maximum Gasteiger partial charge on any atom is 0.0405 e. The Kier molecular flexibility index (Phi) is 5.75. The van der Waals surface area contributed by atoms with Crippen LogP contribution >= 0.6 is 0 Å². The van der Waals surface area contributed by atoms with Crippen molar-refractivity contribution in [1.29, 1.82) is 0 Å². The van der Waals surface area contributed by atoms with Gasteiger partial charge in [-0.05, 0) is 72.5 Å². The van der Waals surface area contributed by atoms with E-state index in [0.29, 0.717) is 0 Å². The quantitative estimate of drug-likeness (QED) is 0.383. The maximum absolute atomic E-state index is 3.85. The third-order valence-electron chi connectivity index (χ3n) is 7.97. The minimum Gasteiger partial charge on any atom is -0.312 e. The summed E-state index contributed by atoms with van der Waals surface area (Å²) in [5.74, 6) is 0. The first kappa shape index (κ1) is 21.2. The van der Waals surface area contributed by atoms with Gasteiger partial charge in [0.2, 0.25) is 0 Å². The summed E-state index contributed by atoms with van der Waals surface area (Å²) in [4.78, 5) is 0. The van der Waals surface area contributed by atoms with E-state index in [-0.39, 0.29) is 11.1 Å². The summed E-state index contributed by atoms with van der Waals surface area (Å²) < 4.78 is 0. The zero-order valence-corrected chi connectivity index (χ0v) is 19.3. The number of likely N-dealkylation sites (N-methyl/N-ethyl adjacent to an activating group) is 2. The average Bonchev–Trinajstić information content (AvgIpc) is 2.85. The van der Waals surface area contributed by atoms with Crippen LogP contribution in [0.2, 0.25) is 0 Å². The van der Waals surface area contributed by atoms with Crippen molar-refractivity contribution in [2.75, 3.05) is 14.1 Å². The smallest absolute Gasteiger partial charge is 0.0405 e. The molecule has 32 heavy (non-hydrogen) atoms. The topological polar surface area (TPSA) is 24.1 Å². The highest BCUT2D eigenvalue weighted by molar-refractivity contribution is 5.83. The highest BCUT2D eigenvalue weighted by atomic mass is 15.1. The Morgan fingerprint density at radius 2 is 0.969 bits per heavy atom. The largest absolute Gasteiger partial charge is 0.312 e. The van der Waals surface area contributed by atoms with Gasteiger partial charge in [-0.25, -0.2) is 0 Å². The molecule has 1 aliphatic rings. The second-order valence-corrected chi connectivity index (χ2v) is 9.59.